The number of ether oxygens (including phenoxy) is 2. The third kappa shape index (κ3) is 4.20. The van der Waals surface area contributed by atoms with E-state index in [1.165, 1.54) is 15.9 Å². The number of nitrogens with zero attached hydrogens (tertiary/aromatic N) is 2. The summed E-state index contributed by atoms with van der Waals surface area (Å²) in [6.45, 7) is 1.48. The molecule has 0 unspecified atom stereocenters. The SMILES string of the molecule is Cc1cc([C@@H]2c3[nH]c4ccccc4c3C[C@@H]3C(=O)N(C)CC(=O)N23)cc(O[C@@H]2O[C@H](C(=O)O)[C@@H](O)[C@H](O)[C@H]2O)c1O. The zero-order chi connectivity index (χ0) is 29.3. The normalized spacial score (nSPS) is 29.8. The van der Waals surface area contributed by atoms with Gasteiger partial charge < -0.3 is 49.8 Å². The lowest BCUT2D eigenvalue weighted by molar-refractivity contribution is -0.271. The van der Waals surface area contributed by atoms with E-state index in [1.54, 1.807) is 20.0 Å². The number of rotatable bonds is 4. The van der Waals surface area contributed by atoms with Gasteiger partial charge in [-0.1, -0.05) is 18.2 Å². The number of aromatic hydroxyl groups is 1. The van der Waals surface area contributed by atoms with Crippen molar-refractivity contribution in [2.24, 2.45) is 0 Å². The van der Waals surface area contributed by atoms with E-state index in [0.29, 0.717) is 23.2 Å². The van der Waals surface area contributed by atoms with Crippen LogP contribution in [0.25, 0.3) is 10.9 Å². The molecule has 6 N–H and O–H groups in total. The Labute approximate surface area is 233 Å². The Morgan fingerprint density at radius 1 is 1.10 bits per heavy atom. The smallest absolute Gasteiger partial charge is 0.335 e. The minimum Gasteiger partial charge on any atom is -0.504 e. The summed E-state index contributed by atoms with van der Waals surface area (Å²) in [6, 6.07) is 9.12. The van der Waals surface area contributed by atoms with Gasteiger partial charge in [0.05, 0.1) is 12.6 Å². The van der Waals surface area contributed by atoms with E-state index in [-0.39, 0.29) is 29.9 Å². The number of aliphatic carboxylic acids is 1. The van der Waals surface area contributed by atoms with Crippen LogP contribution in [0.15, 0.2) is 36.4 Å². The number of fused-ring (bicyclic) bond motifs is 4. The quantitative estimate of drug-likeness (QED) is 0.245. The molecular formula is C28H29N3O10. The number of aromatic nitrogens is 1. The molecule has 0 saturated carbocycles. The van der Waals surface area contributed by atoms with Crippen molar-refractivity contribution >= 4 is 28.7 Å². The molecule has 13 nitrogen and oxygen atoms in total. The average molecular weight is 568 g/mol. The van der Waals surface area contributed by atoms with Crippen LogP contribution in [0, 0.1) is 6.92 Å². The number of nitrogens with one attached hydrogen (secondary N) is 1. The highest BCUT2D eigenvalue weighted by atomic mass is 16.7. The van der Waals surface area contributed by atoms with Gasteiger partial charge in [-0.25, -0.2) is 4.79 Å². The molecule has 41 heavy (non-hydrogen) atoms. The fraction of sp³-hybridized carbons (Fsp3) is 0.393. The highest BCUT2D eigenvalue weighted by molar-refractivity contribution is 5.97. The van der Waals surface area contributed by atoms with Crippen molar-refractivity contribution in [1.82, 2.24) is 14.8 Å². The lowest BCUT2D eigenvalue weighted by Gasteiger charge is -2.46. The number of piperazine rings is 1. The minimum absolute atomic E-state index is 0.110. The number of benzene rings is 2. The van der Waals surface area contributed by atoms with Gasteiger partial charge in [0.15, 0.2) is 17.6 Å². The molecule has 1 aromatic heterocycles. The number of hydrogen-bond acceptors (Lipinski definition) is 9. The molecule has 2 saturated heterocycles. The monoisotopic (exact) mass is 567 g/mol. The van der Waals surface area contributed by atoms with Crippen LogP contribution < -0.4 is 4.74 Å². The molecular weight excluding hydrogens is 538 g/mol. The van der Waals surface area contributed by atoms with E-state index in [0.717, 1.165) is 16.5 Å². The van der Waals surface area contributed by atoms with Crippen molar-refractivity contribution in [2.75, 3.05) is 13.6 Å². The molecule has 0 spiro atoms. The molecule has 13 heteroatoms. The Kier molecular flexibility index (Phi) is 6.41. The molecule has 0 radical (unpaired) electrons. The molecule has 0 aliphatic carbocycles. The second-order valence-corrected chi connectivity index (χ2v) is 10.7. The summed E-state index contributed by atoms with van der Waals surface area (Å²) in [5, 5.41) is 51.8. The van der Waals surface area contributed by atoms with E-state index < -0.39 is 48.8 Å². The third-order valence-electron chi connectivity index (χ3n) is 8.11. The van der Waals surface area contributed by atoms with E-state index in [2.05, 4.69) is 4.98 Å². The van der Waals surface area contributed by atoms with Crippen LogP contribution >= 0.6 is 0 Å². The van der Waals surface area contributed by atoms with Gasteiger partial charge in [0.2, 0.25) is 18.1 Å². The lowest BCUT2D eigenvalue weighted by Crippen LogP contribution is -2.62. The van der Waals surface area contributed by atoms with Crippen LogP contribution in [0.1, 0.15) is 28.4 Å². The minimum atomic E-state index is -1.91. The average Bonchev–Trinajstić information content (AvgIpc) is 3.31. The Balaban J connectivity index is 1.46. The number of phenols is 1. The van der Waals surface area contributed by atoms with Crippen molar-refractivity contribution in [1.29, 1.82) is 0 Å². The zero-order valence-corrected chi connectivity index (χ0v) is 22.1. The molecule has 7 atom stereocenters. The number of aromatic amines is 1. The number of aliphatic hydroxyl groups is 3. The predicted octanol–water partition coefficient (Wildman–Crippen LogP) is -0.232. The van der Waals surface area contributed by atoms with Crippen LogP contribution in [-0.2, 0) is 25.5 Å². The van der Waals surface area contributed by atoms with E-state index >= 15 is 0 Å². The summed E-state index contributed by atoms with van der Waals surface area (Å²) in [5.74, 6) is -2.62. The van der Waals surface area contributed by atoms with Gasteiger partial charge in [-0.05, 0) is 41.8 Å². The molecule has 2 amide bonds. The number of para-hydroxylation sites is 1. The topological polar surface area (TPSA) is 193 Å². The summed E-state index contributed by atoms with van der Waals surface area (Å²) < 4.78 is 11.0. The second-order valence-electron chi connectivity index (χ2n) is 10.7. The number of carboxylic acid groups (broad SMARTS) is 1. The van der Waals surface area contributed by atoms with Crippen LogP contribution in [0.3, 0.4) is 0 Å². The van der Waals surface area contributed by atoms with Crippen molar-refractivity contribution in [3.8, 4) is 11.5 Å². The van der Waals surface area contributed by atoms with E-state index in [1.807, 2.05) is 24.3 Å². The number of H-pyrrole nitrogens is 1. The number of likely N-dealkylation sites (N-methyl/N-ethyl adjacent to an activating group) is 1. The first-order valence-electron chi connectivity index (χ1n) is 13.1. The molecule has 2 fully saturated rings. The maximum Gasteiger partial charge on any atom is 0.335 e. The number of carbonyl (C=O) groups is 3. The Bertz CT molecular complexity index is 1570. The van der Waals surface area contributed by atoms with Gasteiger partial charge in [0.1, 0.15) is 24.4 Å². The molecule has 3 aromatic rings. The first-order chi connectivity index (χ1) is 19.5. The number of hydrogen-bond donors (Lipinski definition) is 6. The number of phenolic OH excluding ortho intramolecular Hbond substituents is 1. The summed E-state index contributed by atoms with van der Waals surface area (Å²) in [7, 11) is 1.58. The van der Waals surface area contributed by atoms with Crippen molar-refractivity contribution in [3.05, 3.63) is 58.8 Å². The first-order valence-corrected chi connectivity index (χ1v) is 13.1. The predicted molar refractivity (Wildman–Crippen MR) is 140 cm³/mol. The molecule has 216 valence electrons. The first kappa shape index (κ1) is 27.0. The highest BCUT2D eigenvalue weighted by Crippen LogP contribution is 2.45. The van der Waals surface area contributed by atoms with Crippen molar-refractivity contribution < 1.29 is 49.4 Å². The number of aliphatic hydroxyl groups excluding tert-OH is 3. The van der Waals surface area contributed by atoms with E-state index in [4.69, 9.17) is 9.47 Å². The lowest BCUT2D eigenvalue weighted by atomic mass is 9.85. The van der Waals surface area contributed by atoms with Crippen LogP contribution in [-0.4, -0.2) is 108 Å². The number of amides is 2. The molecule has 3 aliphatic heterocycles. The fourth-order valence-electron chi connectivity index (χ4n) is 6.05. The van der Waals surface area contributed by atoms with Crippen molar-refractivity contribution in [3.63, 3.8) is 0 Å². The number of carboxylic acids is 1. The molecule has 2 aromatic carbocycles. The van der Waals surface area contributed by atoms with Gasteiger partial charge in [0, 0.05) is 30.1 Å². The summed E-state index contributed by atoms with van der Waals surface area (Å²) in [4.78, 5) is 44.6. The Morgan fingerprint density at radius 2 is 1.83 bits per heavy atom. The van der Waals surface area contributed by atoms with Gasteiger partial charge in [-0.15, -0.1) is 0 Å². The molecule has 0 bridgehead atoms. The van der Waals surface area contributed by atoms with Gasteiger partial charge in [-0.2, -0.15) is 0 Å². The standard InChI is InChI=1S/C28H29N3O10/c1-11-7-12(8-17(21(11)33)40-28-24(36)22(34)23(35)25(41-28)27(38)39)20-19-14(13-5-3-4-6-15(13)29-19)9-16-26(37)30(2)10-18(32)31(16)20/h3-8,16,20,22-25,28-29,33-36H,9-10H2,1-2H3,(H,38,39)/t16-,20-,22+,23+,24-,25+,28-/m1/s1. The summed E-state index contributed by atoms with van der Waals surface area (Å²) in [5.41, 5.74) is 3.20. The molecule has 4 heterocycles. The molecule has 3 aliphatic rings. The largest absolute Gasteiger partial charge is 0.504 e. The summed E-state index contributed by atoms with van der Waals surface area (Å²) >= 11 is 0. The van der Waals surface area contributed by atoms with Crippen LogP contribution in [0.5, 0.6) is 11.5 Å². The second kappa shape index (κ2) is 9.73. The summed E-state index contributed by atoms with van der Waals surface area (Å²) in [6.07, 6.45) is -9.01. The van der Waals surface area contributed by atoms with E-state index in [9.17, 15) is 39.9 Å². The van der Waals surface area contributed by atoms with Gasteiger partial charge >= 0.3 is 5.97 Å². The number of carbonyl (C=O) groups excluding carboxylic acids is 2. The maximum atomic E-state index is 13.4. The highest BCUT2D eigenvalue weighted by Gasteiger charge is 2.49. The zero-order valence-electron chi connectivity index (χ0n) is 22.1. The van der Waals surface area contributed by atoms with Gasteiger partial charge in [-0.3, -0.25) is 9.59 Å². The third-order valence-corrected chi connectivity index (χ3v) is 8.11. The van der Waals surface area contributed by atoms with Crippen LogP contribution in [0.2, 0.25) is 0 Å². The maximum absolute atomic E-state index is 13.4. The Hall–Kier alpha value is -4.17. The Morgan fingerprint density at radius 3 is 2.56 bits per heavy atom. The fourth-order valence-corrected chi connectivity index (χ4v) is 6.05. The molecule has 6 rings (SSSR count). The van der Waals surface area contributed by atoms with Crippen LogP contribution in [0.4, 0.5) is 0 Å². The van der Waals surface area contributed by atoms with Crippen molar-refractivity contribution in [2.45, 2.75) is 56.1 Å². The van der Waals surface area contributed by atoms with Gasteiger partial charge in [0.25, 0.3) is 0 Å². The number of aryl methyl sites for hydroxylation is 1.